The van der Waals surface area contributed by atoms with Crippen molar-refractivity contribution in [3.05, 3.63) is 0 Å². The van der Waals surface area contributed by atoms with Crippen LogP contribution in [0.2, 0.25) is 0 Å². The van der Waals surface area contributed by atoms with E-state index in [2.05, 4.69) is 5.32 Å². The molecule has 3 nitrogen and oxygen atoms in total. The van der Waals surface area contributed by atoms with Crippen molar-refractivity contribution in [2.24, 2.45) is 0 Å². The number of nitrogens with zero attached hydrogens (tertiary/aromatic N) is 1. The van der Waals surface area contributed by atoms with Crippen LogP contribution in [0.15, 0.2) is 0 Å². The van der Waals surface area contributed by atoms with Gasteiger partial charge in [-0.1, -0.05) is 6.42 Å². The van der Waals surface area contributed by atoms with E-state index in [0.29, 0.717) is 12.8 Å². The molecule has 0 aliphatic carbocycles. The molecule has 2 heterocycles. The molecule has 17 heavy (non-hydrogen) atoms. The Kier molecular flexibility index (Phi) is 3.61. The van der Waals surface area contributed by atoms with Gasteiger partial charge in [0.05, 0.1) is 0 Å². The summed E-state index contributed by atoms with van der Waals surface area (Å²) in [5.41, 5.74) is 0. The predicted molar refractivity (Wildman–Crippen MR) is 56.4 cm³/mol. The van der Waals surface area contributed by atoms with Gasteiger partial charge < -0.3 is 10.2 Å². The number of rotatable bonds is 0. The zero-order chi connectivity index (χ0) is 12.5. The zero-order valence-electron chi connectivity index (χ0n) is 9.59. The molecule has 0 aromatic carbocycles. The second kappa shape index (κ2) is 4.84. The first-order chi connectivity index (χ1) is 8.00. The molecule has 2 aliphatic heterocycles. The summed E-state index contributed by atoms with van der Waals surface area (Å²) in [5, 5.41) is 3.24. The number of carbonyl (C=O) groups excluding carboxylic acids is 1. The van der Waals surface area contributed by atoms with Crippen molar-refractivity contribution >= 4 is 5.91 Å². The maximum Gasteiger partial charge on any atom is 0.471 e. The normalized spacial score (nSPS) is 30.6. The molecule has 98 valence electrons. The van der Waals surface area contributed by atoms with Crippen molar-refractivity contribution < 1.29 is 18.0 Å². The van der Waals surface area contributed by atoms with Crippen LogP contribution in [0.25, 0.3) is 0 Å². The molecule has 0 radical (unpaired) electrons. The molecule has 0 aromatic heterocycles. The highest BCUT2D eigenvalue weighted by Crippen LogP contribution is 2.28. The number of likely N-dealkylation sites (tertiary alicyclic amines) is 1. The molecule has 0 spiro atoms. The standard InChI is InChI=1S/C11H17F3N2O/c12-11(13,14)10(17)16-7-2-1-4-8-9(16)5-3-6-15-8/h8-9,15H,1-7H2/t8-,9-/m1/s1. The first-order valence-electron chi connectivity index (χ1n) is 6.11. The van der Waals surface area contributed by atoms with Crippen molar-refractivity contribution in [3.8, 4) is 0 Å². The third kappa shape index (κ3) is 2.73. The number of fused-ring (bicyclic) bond motifs is 1. The lowest BCUT2D eigenvalue weighted by Gasteiger charge is -2.38. The van der Waals surface area contributed by atoms with Crippen molar-refractivity contribution in [2.75, 3.05) is 13.1 Å². The van der Waals surface area contributed by atoms with Gasteiger partial charge in [0.2, 0.25) is 0 Å². The van der Waals surface area contributed by atoms with Crippen molar-refractivity contribution in [1.82, 2.24) is 10.2 Å². The Bertz CT molecular complexity index is 293. The number of piperidine rings is 1. The molecular formula is C11H17F3N2O. The molecule has 6 heteroatoms. The van der Waals surface area contributed by atoms with Gasteiger partial charge >= 0.3 is 12.1 Å². The van der Waals surface area contributed by atoms with E-state index >= 15 is 0 Å². The number of nitrogens with one attached hydrogen (secondary N) is 1. The van der Waals surface area contributed by atoms with Crippen molar-refractivity contribution in [3.63, 3.8) is 0 Å². The monoisotopic (exact) mass is 250 g/mol. The lowest BCUT2D eigenvalue weighted by Crippen LogP contribution is -2.56. The van der Waals surface area contributed by atoms with Gasteiger partial charge in [0.1, 0.15) is 0 Å². The third-order valence-corrected chi connectivity index (χ3v) is 3.62. The van der Waals surface area contributed by atoms with Gasteiger partial charge in [-0.05, 0) is 32.2 Å². The van der Waals surface area contributed by atoms with Crippen LogP contribution < -0.4 is 5.32 Å². The Labute approximate surface area is 98.3 Å². The zero-order valence-corrected chi connectivity index (χ0v) is 9.59. The molecule has 2 rings (SSSR count). The summed E-state index contributed by atoms with van der Waals surface area (Å²) in [7, 11) is 0. The second-order valence-electron chi connectivity index (χ2n) is 4.76. The average Bonchev–Trinajstić information content (AvgIpc) is 2.48. The Balaban J connectivity index is 2.15. The maximum absolute atomic E-state index is 12.5. The van der Waals surface area contributed by atoms with Gasteiger partial charge in [-0.2, -0.15) is 13.2 Å². The summed E-state index contributed by atoms with van der Waals surface area (Å²) in [4.78, 5) is 12.4. The van der Waals surface area contributed by atoms with Gasteiger partial charge in [-0.3, -0.25) is 4.79 Å². The number of hydrogen-bond acceptors (Lipinski definition) is 2. The van der Waals surface area contributed by atoms with Gasteiger partial charge in [0.15, 0.2) is 0 Å². The Morgan fingerprint density at radius 1 is 1.18 bits per heavy atom. The molecule has 1 amide bonds. The quantitative estimate of drug-likeness (QED) is 0.709. The minimum absolute atomic E-state index is 0.0394. The third-order valence-electron chi connectivity index (χ3n) is 3.62. The van der Waals surface area contributed by atoms with E-state index in [1.165, 1.54) is 0 Å². The lowest BCUT2D eigenvalue weighted by molar-refractivity contribution is -0.188. The number of alkyl halides is 3. The molecule has 2 saturated heterocycles. The molecule has 0 aromatic rings. The molecule has 2 atom stereocenters. The molecule has 0 saturated carbocycles. The minimum Gasteiger partial charge on any atom is -0.330 e. The molecular weight excluding hydrogens is 233 g/mol. The van der Waals surface area contributed by atoms with E-state index in [1.807, 2.05) is 0 Å². The summed E-state index contributed by atoms with van der Waals surface area (Å²) in [6.45, 7) is 1.08. The van der Waals surface area contributed by atoms with Crippen LogP contribution >= 0.6 is 0 Å². The predicted octanol–water partition coefficient (Wildman–Crippen LogP) is 1.68. The Morgan fingerprint density at radius 2 is 1.94 bits per heavy atom. The SMILES string of the molecule is O=C(N1CCCC[C@H]2NCCC[C@H]21)C(F)(F)F. The average molecular weight is 250 g/mol. The molecule has 2 aliphatic rings. The van der Waals surface area contributed by atoms with E-state index < -0.39 is 12.1 Å². The van der Waals surface area contributed by atoms with Crippen LogP contribution in [0.4, 0.5) is 13.2 Å². The molecule has 1 N–H and O–H groups in total. The summed E-state index contributed by atoms with van der Waals surface area (Å²) >= 11 is 0. The largest absolute Gasteiger partial charge is 0.471 e. The van der Waals surface area contributed by atoms with Crippen LogP contribution in [0.3, 0.4) is 0 Å². The van der Waals surface area contributed by atoms with E-state index in [9.17, 15) is 18.0 Å². The molecule has 0 unspecified atom stereocenters. The van der Waals surface area contributed by atoms with E-state index in [1.54, 1.807) is 0 Å². The number of amides is 1. The molecule has 0 bridgehead atoms. The number of hydrogen-bond donors (Lipinski definition) is 1. The van der Waals surface area contributed by atoms with Crippen LogP contribution in [0, 0.1) is 0 Å². The summed E-state index contributed by atoms with van der Waals surface area (Å²) in [6.07, 6.45) is -0.812. The highest BCUT2D eigenvalue weighted by Gasteiger charge is 2.46. The van der Waals surface area contributed by atoms with Gasteiger partial charge in [0.25, 0.3) is 0 Å². The lowest BCUT2D eigenvalue weighted by atomic mass is 9.94. The second-order valence-corrected chi connectivity index (χ2v) is 4.76. The Morgan fingerprint density at radius 3 is 2.65 bits per heavy atom. The number of carbonyl (C=O) groups is 1. The van der Waals surface area contributed by atoms with Gasteiger partial charge in [-0.25, -0.2) is 0 Å². The minimum atomic E-state index is -4.74. The molecule has 2 fully saturated rings. The maximum atomic E-state index is 12.5. The van der Waals surface area contributed by atoms with E-state index in [0.717, 1.165) is 30.7 Å². The topological polar surface area (TPSA) is 32.3 Å². The highest BCUT2D eigenvalue weighted by atomic mass is 19.4. The van der Waals surface area contributed by atoms with Crippen molar-refractivity contribution in [1.29, 1.82) is 0 Å². The van der Waals surface area contributed by atoms with Gasteiger partial charge in [-0.15, -0.1) is 0 Å². The van der Waals surface area contributed by atoms with Crippen LogP contribution in [0.5, 0.6) is 0 Å². The summed E-state index contributed by atoms with van der Waals surface area (Å²) in [5.74, 6) is -1.67. The summed E-state index contributed by atoms with van der Waals surface area (Å²) < 4.78 is 37.5. The first-order valence-corrected chi connectivity index (χ1v) is 6.11. The van der Waals surface area contributed by atoms with E-state index in [4.69, 9.17) is 0 Å². The fourth-order valence-electron chi connectivity index (χ4n) is 2.83. The Hall–Kier alpha value is -0.780. The van der Waals surface area contributed by atoms with Gasteiger partial charge in [0, 0.05) is 18.6 Å². The van der Waals surface area contributed by atoms with Crippen LogP contribution in [0.1, 0.15) is 32.1 Å². The summed E-state index contributed by atoms with van der Waals surface area (Å²) in [6, 6.07) is -0.238. The first kappa shape index (κ1) is 12.7. The highest BCUT2D eigenvalue weighted by molar-refractivity contribution is 5.82. The number of halogens is 3. The smallest absolute Gasteiger partial charge is 0.330 e. The van der Waals surface area contributed by atoms with Crippen LogP contribution in [-0.4, -0.2) is 42.2 Å². The fourth-order valence-corrected chi connectivity index (χ4v) is 2.83. The van der Waals surface area contributed by atoms with Crippen molar-refractivity contribution in [2.45, 2.75) is 50.4 Å². The van der Waals surface area contributed by atoms with E-state index in [-0.39, 0.29) is 18.6 Å². The fraction of sp³-hybridized carbons (Fsp3) is 0.909. The van der Waals surface area contributed by atoms with Crippen LogP contribution in [-0.2, 0) is 4.79 Å².